The summed E-state index contributed by atoms with van der Waals surface area (Å²) in [5.74, 6) is 3.29. The summed E-state index contributed by atoms with van der Waals surface area (Å²) in [6, 6.07) is 6.97. The maximum absolute atomic E-state index is 7.81. The van der Waals surface area contributed by atoms with Crippen molar-refractivity contribution in [2.45, 2.75) is 36.6 Å². The Balaban J connectivity index is 1.18. The summed E-state index contributed by atoms with van der Waals surface area (Å²) in [6.07, 6.45) is 10.3. The highest BCUT2D eigenvalue weighted by Crippen LogP contribution is 2.39. The molecule has 8 heteroatoms. The summed E-state index contributed by atoms with van der Waals surface area (Å²) in [4.78, 5) is 14.9. The summed E-state index contributed by atoms with van der Waals surface area (Å²) in [6.45, 7) is 5.62. The van der Waals surface area contributed by atoms with Gasteiger partial charge in [0.05, 0.1) is 4.90 Å². The fourth-order valence-corrected chi connectivity index (χ4v) is 5.39. The second-order valence-corrected chi connectivity index (χ2v) is 10.2. The second kappa shape index (κ2) is 9.12. The molecular weight excluding hydrogens is 410 g/mol. The van der Waals surface area contributed by atoms with Crippen LogP contribution in [-0.4, -0.2) is 60.5 Å². The summed E-state index contributed by atoms with van der Waals surface area (Å²) in [5.41, 5.74) is 1.36. The van der Waals surface area contributed by atoms with Gasteiger partial charge in [-0.25, -0.2) is 9.97 Å². The van der Waals surface area contributed by atoms with E-state index in [0.717, 1.165) is 42.0 Å². The zero-order valence-electron chi connectivity index (χ0n) is 18.1. The number of rotatable bonds is 5. The van der Waals surface area contributed by atoms with Crippen molar-refractivity contribution >= 4 is 16.6 Å². The molecular formula is C23H31N5O2S. The van der Waals surface area contributed by atoms with Crippen molar-refractivity contribution in [1.29, 1.82) is 4.78 Å². The van der Waals surface area contributed by atoms with Crippen molar-refractivity contribution in [3.8, 4) is 11.5 Å². The Kier molecular flexibility index (Phi) is 6.09. The van der Waals surface area contributed by atoms with E-state index < -0.39 is 10.7 Å². The molecule has 2 saturated heterocycles. The lowest BCUT2D eigenvalue weighted by Gasteiger charge is -2.35. The summed E-state index contributed by atoms with van der Waals surface area (Å²) in [7, 11) is -0.535. The number of hydrogen-bond donors (Lipinski definition) is 1. The van der Waals surface area contributed by atoms with Gasteiger partial charge in [-0.1, -0.05) is 16.8 Å². The predicted molar refractivity (Wildman–Crippen MR) is 122 cm³/mol. The lowest BCUT2D eigenvalue weighted by Crippen LogP contribution is -2.39. The standard InChI is InChI=1S/C23H31N5O2S/c1-31(24)19-14-25-23(26-15-19)27-9-6-17(7-10-27)16-28-8-2-3-20(28)18-4-5-21-22(13-18)30-12-11-29-21/h4-5,13-15,17,20,24H,2-3,6-12,16H2,1H3/t20-,31-/m0/s1. The van der Waals surface area contributed by atoms with Crippen molar-refractivity contribution in [2.75, 3.05) is 50.5 Å². The van der Waals surface area contributed by atoms with E-state index in [1.165, 1.54) is 37.8 Å². The van der Waals surface area contributed by atoms with Crippen LogP contribution in [0.2, 0.25) is 0 Å². The van der Waals surface area contributed by atoms with E-state index in [4.69, 9.17) is 14.3 Å². The number of ether oxygens (including phenoxy) is 2. The van der Waals surface area contributed by atoms with Crippen LogP contribution in [0, 0.1) is 10.7 Å². The van der Waals surface area contributed by atoms with Crippen molar-refractivity contribution in [3.63, 3.8) is 0 Å². The van der Waals surface area contributed by atoms with Crippen LogP contribution in [0.3, 0.4) is 0 Å². The summed E-state index contributed by atoms with van der Waals surface area (Å²) >= 11 is 0. The lowest BCUT2D eigenvalue weighted by molar-refractivity contribution is 0.169. The molecule has 4 heterocycles. The van der Waals surface area contributed by atoms with Crippen LogP contribution >= 0.6 is 0 Å². The Hall–Kier alpha value is -2.19. The molecule has 0 saturated carbocycles. The Bertz CT molecular complexity index is 930. The number of nitrogens with zero attached hydrogens (tertiary/aromatic N) is 4. The third-order valence-corrected chi connectivity index (χ3v) is 7.59. The van der Waals surface area contributed by atoms with Gasteiger partial charge in [-0.15, -0.1) is 0 Å². The van der Waals surface area contributed by atoms with Gasteiger partial charge in [0.2, 0.25) is 5.95 Å². The van der Waals surface area contributed by atoms with Crippen LogP contribution in [-0.2, 0) is 10.7 Å². The van der Waals surface area contributed by atoms with Gasteiger partial charge in [-0.05, 0) is 62.1 Å². The quantitative estimate of drug-likeness (QED) is 0.763. The van der Waals surface area contributed by atoms with Gasteiger partial charge in [-0.2, -0.15) is 0 Å². The van der Waals surface area contributed by atoms with Crippen LogP contribution in [0.1, 0.15) is 37.3 Å². The van der Waals surface area contributed by atoms with E-state index in [9.17, 15) is 0 Å². The average Bonchev–Trinajstić information content (AvgIpc) is 3.27. The van der Waals surface area contributed by atoms with Gasteiger partial charge in [0, 0.05) is 38.1 Å². The molecule has 1 aromatic heterocycles. The molecule has 0 aliphatic carbocycles. The van der Waals surface area contributed by atoms with Crippen molar-refractivity contribution in [1.82, 2.24) is 14.9 Å². The minimum absolute atomic E-state index is 0.484. The topological polar surface area (TPSA) is 74.6 Å². The van der Waals surface area contributed by atoms with Gasteiger partial charge < -0.3 is 14.4 Å². The number of hydrogen-bond acceptors (Lipinski definition) is 7. The minimum atomic E-state index is -0.535. The first kappa shape index (κ1) is 20.7. The molecule has 2 fully saturated rings. The zero-order chi connectivity index (χ0) is 21.2. The first-order valence-corrected chi connectivity index (χ1v) is 12.9. The first-order chi connectivity index (χ1) is 15.2. The number of likely N-dealkylation sites (tertiary alicyclic amines) is 1. The highest BCUT2D eigenvalue weighted by Gasteiger charge is 2.30. The van der Waals surface area contributed by atoms with E-state index in [-0.39, 0.29) is 0 Å². The van der Waals surface area contributed by atoms with Gasteiger partial charge in [0.15, 0.2) is 11.5 Å². The molecule has 0 unspecified atom stereocenters. The van der Waals surface area contributed by atoms with Crippen LogP contribution in [0.4, 0.5) is 5.95 Å². The van der Waals surface area contributed by atoms with Crippen LogP contribution in [0.15, 0.2) is 35.5 Å². The van der Waals surface area contributed by atoms with Crippen LogP contribution in [0.5, 0.6) is 11.5 Å². The Morgan fingerprint density at radius 2 is 1.77 bits per heavy atom. The monoisotopic (exact) mass is 441 g/mol. The lowest BCUT2D eigenvalue weighted by atomic mass is 9.95. The van der Waals surface area contributed by atoms with E-state index >= 15 is 0 Å². The fourth-order valence-electron chi connectivity index (χ4n) is 4.97. The molecule has 0 radical (unpaired) electrons. The molecule has 0 spiro atoms. The molecule has 5 rings (SSSR count). The molecule has 3 aliphatic heterocycles. The van der Waals surface area contributed by atoms with E-state index in [1.54, 1.807) is 0 Å². The third kappa shape index (κ3) is 4.55. The molecule has 3 aliphatic rings. The van der Waals surface area contributed by atoms with Crippen molar-refractivity contribution in [2.24, 2.45) is 5.92 Å². The molecule has 7 nitrogen and oxygen atoms in total. The van der Waals surface area contributed by atoms with E-state index in [1.807, 2.05) is 18.6 Å². The molecule has 1 N–H and O–H groups in total. The predicted octanol–water partition coefficient (Wildman–Crippen LogP) is 3.67. The minimum Gasteiger partial charge on any atom is -0.486 e. The number of fused-ring (bicyclic) bond motifs is 1. The number of piperidine rings is 1. The van der Waals surface area contributed by atoms with Gasteiger partial charge >= 0.3 is 0 Å². The summed E-state index contributed by atoms with van der Waals surface area (Å²) in [5, 5.41) is 0. The van der Waals surface area contributed by atoms with Crippen LogP contribution < -0.4 is 14.4 Å². The average molecular weight is 442 g/mol. The molecule has 166 valence electrons. The van der Waals surface area contributed by atoms with Crippen molar-refractivity contribution in [3.05, 3.63) is 36.2 Å². The molecule has 31 heavy (non-hydrogen) atoms. The largest absolute Gasteiger partial charge is 0.486 e. The van der Waals surface area contributed by atoms with Crippen LogP contribution in [0.25, 0.3) is 0 Å². The molecule has 2 aromatic rings. The third-order valence-electron chi connectivity index (χ3n) is 6.67. The first-order valence-electron chi connectivity index (χ1n) is 11.2. The number of nitrogens with one attached hydrogen (secondary N) is 1. The van der Waals surface area contributed by atoms with E-state index in [2.05, 4.69) is 38.0 Å². The zero-order valence-corrected chi connectivity index (χ0v) is 18.9. The Labute approximate surface area is 186 Å². The SMILES string of the molecule is C[S@](=N)c1cnc(N2CCC(CN3CCC[C@H]3c3ccc4c(c3)OCCO4)CC2)nc1. The highest BCUT2D eigenvalue weighted by atomic mass is 32.2. The number of aromatic nitrogens is 2. The normalized spacial score (nSPS) is 23.1. The Morgan fingerprint density at radius 3 is 2.52 bits per heavy atom. The van der Waals surface area contributed by atoms with Crippen molar-refractivity contribution < 1.29 is 9.47 Å². The van der Waals surface area contributed by atoms with Gasteiger partial charge in [-0.3, -0.25) is 9.68 Å². The maximum Gasteiger partial charge on any atom is 0.225 e. The molecule has 0 bridgehead atoms. The van der Waals surface area contributed by atoms with Gasteiger partial charge in [0.1, 0.15) is 13.2 Å². The highest BCUT2D eigenvalue weighted by molar-refractivity contribution is 7.85. The molecule has 0 amide bonds. The second-order valence-electron chi connectivity index (χ2n) is 8.72. The maximum atomic E-state index is 7.81. The number of anilines is 1. The van der Waals surface area contributed by atoms with Gasteiger partial charge in [0.25, 0.3) is 0 Å². The fraction of sp³-hybridized carbons (Fsp3) is 0.565. The molecule has 1 aromatic carbocycles. The Morgan fingerprint density at radius 1 is 1.03 bits per heavy atom. The summed E-state index contributed by atoms with van der Waals surface area (Å²) < 4.78 is 19.3. The number of benzene rings is 1. The smallest absolute Gasteiger partial charge is 0.225 e. The molecule has 2 atom stereocenters. The van der Waals surface area contributed by atoms with E-state index in [0.29, 0.717) is 25.2 Å².